The summed E-state index contributed by atoms with van der Waals surface area (Å²) in [6, 6.07) is 11.4. The number of rotatable bonds is 9. The van der Waals surface area contributed by atoms with Crippen LogP contribution < -0.4 is 5.32 Å². The molecule has 0 aromatic heterocycles. The Morgan fingerprint density at radius 3 is 2.46 bits per heavy atom. The fraction of sp³-hybridized carbons (Fsp3) is 0.593. The van der Waals surface area contributed by atoms with E-state index in [2.05, 4.69) is 10.2 Å². The monoisotopic (exact) mass is 547 g/mol. The number of amides is 1. The van der Waals surface area contributed by atoms with E-state index in [1.165, 1.54) is 12.5 Å². The van der Waals surface area contributed by atoms with Crippen molar-refractivity contribution in [2.45, 2.75) is 67.7 Å². The zero-order chi connectivity index (χ0) is 26.3. The molecule has 0 spiro atoms. The van der Waals surface area contributed by atoms with Gasteiger partial charge in [0.2, 0.25) is 5.91 Å². The Kier molecular flexibility index (Phi) is 7.39. The highest BCUT2D eigenvalue weighted by molar-refractivity contribution is 7.95. The molecule has 202 valence electrons. The minimum atomic E-state index is -4.42. The third-order valence-corrected chi connectivity index (χ3v) is 12.8. The summed E-state index contributed by atoms with van der Waals surface area (Å²) in [5.74, 6) is -1.44. The maximum atomic E-state index is 14.2. The first-order chi connectivity index (χ1) is 17.7. The lowest BCUT2D eigenvalue weighted by Gasteiger charge is -2.36. The number of hydrogen-bond acceptors (Lipinski definition) is 7. The van der Waals surface area contributed by atoms with Gasteiger partial charge in [0.1, 0.15) is 0 Å². The van der Waals surface area contributed by atoms with Gasteiger partial charge in [-0.25, -0.2) is 21.1 Å². The van der Waals surface area contributed by atoms with Gasteiger partial charge in [0.15, 0.2) is 14.7 Å². The Balaban J connectivity index is 1.54. The standard InChI is InChI=1S/C27H37N3O5S2/c1-2-9-24-25-27(14-15-28-25,36(32,33)19-8-18-29-16-6-3-7-17-29)30(26(24)31)37(34,35)23-13-12-21-10-4-5-11-22(21)20-23/h4-5,10-13,20,24-25,28H,2-3,6-9,14-19H2,1H3/t24-,25-,27+/m1/s1. The topological polar surface area (TPSA) is 104 Å². The van der Waals surface area contributed by atoms with Gasteiger partial charge in [-0.3, -0.25) is 4.79 Å². The summed E-state index contributed by atoms with van der Waals surface area (Å²) in [5, 5.41) is 4.83. The number of piperidine rings is 1. The molecule has 3 aliphatic rings. The van der Waals surface area contributed by atoms with Crippen molar-refractivity contribution < 1.29 is 21.6 Å². The van der Waals surface area contributed by atoms with Crippen molar-refractivity contribution in [3.63, 3.8) is 0 Å². The maximum absolute atomic E-state index is 14.2. The molecule has 5 rings (SSSR count). The molecular formula is C27H37N3O5S2. The molecule has 0 unspecified atom stereocenters. The molecule has 0 bridgehead atoms. The summed E-state index contributed by atoms with van der Waals surface area (Å²) >= 11 is 0. The van der Waals surface area contributed by atoms with Crippen molar-refractivity contribution in [3.05, 3.63) is 42.5 Å². The van der Waals surface area contributed by atoms with Crippen LogP contribution in [0.15, 0.2) is 47.4 Å². The molecule has 1 N–H and O–H groups in total. The van der Waals surface area contributed by atoms with Gasteiger partial charge in [-0.05, 0) is 74.8 Å². The predicted octanol–water partition coefficient (Wildman–Crippen LogP) is 3.14. The second kappa shape index (κ2) is 10.3. The molecule has 2 aromatic rings. The number of sulfone groups is 1. The van der Waals surface area contributed by atoms with Crippen LogP contribution in [-0.4, -0.2) is 74.8 Å². The average molecular weight is 548 g/mol. The van der Waals surface area contributed by atoms with Crippen LogP contribution in [0.25, 0.3) is 10.8 Å². The smallest absolute Gasteiger partial charge is 0.268 e. The zero-order valence-corrected chi connectivity index (χ0v) is 23.1. The molecular weight excluding hydrogens is 510 g/mol. The van der Waals surface area contributed by atoms with Crippen molar-refractivity contribution in [3.8, 4) is 0 Å². The van der Waals surface area contributed by atoms with Crippen LogP contribution in [0.5, 0.6) is 0 Å². The highest BCUT2D eigenvalue weighted by Crippen LogP contribution is 2.49. The minimum Gasteiger partial charge on any atom is -0.310 e. The van der Waals surface area contributed by atoms with Crippen LogP contribution in [0.4, 0.5) is 0 Å². The molecule has 8 nitrogen and oxygen atoms in total. The predicted molar refractivity (Wildman–Crippen MR) is 144 cm³/mol. The molecule has 0 aliphatic carbocycles. The van der Waals surface area contributed by atoms with Crippen molar-refractivity contribution in [1.82, 2.24) is 14.5 Å². The van der Waals surface area contributed by atoms with Crippen molar-refractivity contribution in [2.75, 3.05) is 31.9 Å². The first kappa shape index (κ1) is 26.6. The van der Waals surface area contributed by atoms with E-state index in [0.29, 0.717) is 32.4 Å². The maximum Gasteiger partial charge on any atom is 0.268 e. The zero-order valence-electron chi connectivity index (χ0n) is 21.4. The Labute approximate surface area is 220 Å². The van der Waals surface area contributed by atoms with E-state index in [0.717, 1.165) is 41.0 Å². The summed E-state index contributed by atoms with van der Waals surface area (Å²) in [7, 11) is -8.41. The van der Waals surface area contributed by atoms with E-state index in [1.54, 1.807) is 12.1 Å². The SMILES string of the molecule is CCC[C@H]1C(=O)N(S(=O)(=O)c2ccc3ccccc3c2)[C@]2(S(=O)(=O)CCCN3CCCCC3)CCN[C@H]12. The molecule has 0 radical (unpaired) electrons. The molecule has 3 saturated heterocycles. The van der Waals surface area contributed by atoms with Crippen molar-refractivity contribution >= 4 is 36.5 Å². The molecule has 0 saturated carbocycles. The van der Waals surface area contributed by atoms with Gasteiger partial charge in [0.25, 0.3) is 10.0 Å². The second-order valence-corrected chi connectivity index (χ2v) is 14.7. The lowest BCUT2D eigenvalue weighted by Crippen LogP contribution is -2.59. The number of carbonyl (C=O) groups excluding carboxylic acids is 1. The van der Waals surface area contributed by atoms with Gasteiger partial charge in [0.05, 0.1) is 22.6 Å². The lowest BCUT2D eigenvalue weighted by molar-refractivity contribution is -0.128. The summed E-state index contributed by atoms with van der Waals surface area (Å²) in [4.78, 5) is 14.2. The fourth-order valence-corrected chi connectivity index (χ4v) is 11.2. The van der Waals surface area contributed by atoms with E-state index in [-0.39, 0.29) is 17.1 Å². The van der Waals surface area contributed by atoms with Gasteiger partial charge in [-0.1, -0.05) is 50.1 Å². The number of nitrogens with zero attached hydrogens (tertiary/aromatic N) is 2. The molecule has 3 heterocycles. The van der Waals surface area contributed by atoms with Crippen LogP contribution in [0.1, 0.15) is 51.9 Å². The molecule has 3 aliphatic heterocycles. The number of likely N-dealkylation sites (tertiary alicyclic amines) is 1. The van der Waals surface area contributed by atoms with Crippen LogP contribution in [0.3, 0.4) is 0 Å². The van der Waals surface area contributed by atoms with E-state index in [9.17, 15) is 21.6 Å². The van der Waals surface area contributed by atoms with Crippen molar-refractivity contribution in [1.29, 1.82) is 0 Å². The van der Waals surface area contributed by atoms with E-state index in [4.69, 9.17) is 0 Å². The van der Waals surface area contributed by atoms with Gasteiger partial charge in [-0.2, -0.15) is 0 Å². The number of fused-ring (bicyclic) bond motifs is 2. The normalized spacial score (nSPS) is 27.2. The molecule has 3 atom stereocenters. The Bertz CT molecular complexity index is 1370. The van der Waals surface area contributed by atoms with Crippen LogP contribution in [0.2, 0.25) is 0 Å². The first-order valence-electron chi connectivity index (χ1n) is 13.5. The Morgan fingerprint density at radius 1 is 1.00 bits per heavy atom. The Morgan fingerprint density at radius 2 is 1.73 bits per heavy atom. The minimum absolute atomic E-state index is 0.0507. The third-order valence-electron chi connectivity index (χ3n) is 8.33. The second-order valence-electron chi connectivity index (χ2n) is 10.6. The van der Waals surface area contributed by atoms with Gasteiger partial charge in [0, 0.05) is 6.42 Å². The van der Waals surface area contributed by atoms with E-state index in [1.807, 2.05) is 31.2 Å². The van der Waals surface area contributed by atoms with Gasteiger partial charge in [-0.15, -0.1) is 0 Å². The first-order valence-corrected chi connectivity index (χ1v) is 16.6. The van der Waals surface area contributed by atoms with Gasteiger partial charge < -0.3 is 10.2 Å². The number of benzene rings is 2. The summed E-state index contributed by atoms with van der Waals surface area (Å²) < 4.78 is 57.4. The highest BCUT2D eigenvalue weighted by atomic mass is 32.2. The van der Waals surface area contributed by atoms with Crippen LogP contribution in [0, 0.1) is 5.92 Å². The lowest BCUT2D eigenvalue weighted by atomic mass is 9.95. The highest BCUT2D eigenvalue weighted by Gasteiger charge is 2.70. The quantitative estimate of drug-likeness (QED) is 0.514. The third kappa shape index (κ3) is 4.49. The molecule has 1 amide bonds. The fourth-order valence-electron chi connectivity index (χ4n) is 6.56. The Hall–Kier alpha value is -2.01. The average Bonchev–Trinajstić information content (AvgIpc) is 3.42. The summed E-state index contributed by atoms with van der Waals surface area (Å²) in [5.41, 5.74) is 0. The molecule has 2 aromatic carbocycles. The number of sulfonamides is 1. The molecule has 3 fully saturated rings. The van der Waals surface area contributed by atoms with Crippen LogP contribution in [-0.2, 0) is 24.7 Å². The number of hydrogen-bond donors (Lipinski definition) is 1. The summed E-state index contributed by atoms with van der Waals surface area (Å²) in [6.07, 6.45) is 5.03. The number of carbonyl (C=O) groups is 1. The van der Waals surface area contributed by atoms with Crippen LogP contribution >= 0.6 is 0 Å². The van der Waals surface area contributed by atoms with E-state index < -0.39 is 42.6 Å². The molecule has 10 heteroatoms. The summed E-state index contributed by atoms with van der Waals surface area (Å²) in [6.45, 7) is 4.88. The molecule has 37 heavy (non-hydrogen) atoms. The largest absolute Gasteiger partial charge is 0.310 e. The van der Waals surface area contributed by atoms with Crippen molar-refractivity contribution in [2.24, 2.45) is 5.92 Å². The number of nitrogens with one attached hydrogen (secondary N) is 1. The van der Waals surface area contributed by atoms with Gasteiger partial charge >= 0.3 is 0 Å². The van der Waals surface area contributed by atoms with E-state index >= 15 is 0 Å².